The van der Waals surface area contributed by atoms with Crippen molar-refractivity contribution in [1.29, 1.82) is 0 Å². The van der Waals surface area contributed by atoms with E-state index in [2.05, 4.69) is 21.4 Å². The van der Waals surface area contributed by atoms with Crippen molar-refractivity contribution in [2.24, 2.45) is 0 Å². The van der Waals surface area contributed by atoms with Crippen LogP contribution in [0.15, 0.2) is 46.7 Å². The first-order valence-corrected chi connectivity index (χ1v) is 7.21. The normalized spacial score (nSPS) is 16.8. The predicted octanol–water partition coefficient (Wildman–Crippen LogP) is 3.52. The Morgan fingerprint density at radius 3 is 2.62 bits per heavy atom. The number of benzene rings is 1. The first-order chi connectivity index (χ1) is 10.2. The van der Waals surface area contributed by atoms with E-state index in [0.29, 0.717) is 6.42 Å². The molecule has 0 heterocycles. The van der Waals surface area contributed by atoms with Crippen LogP contribution in [0.4, 0.5) is 11.4 Å². The molecular weight excluding hydrogens is 336 g/mol. The second-order valence-corrected chi connectivity index (χ2v) is 5.09. The highest BCUT2D eigenvalue weighted by Gasteiger charge is 2.29. The lowest BCUT2D eigenvalue weighted by Crippen LogP contribution is -2.22. The van der Waals surface area contributed by atoms with Crippen LogP contribution < -0.4 is 5.48 Å². The summed E-state index contributed by atoms with van der Waals surface area (Å²) in [6, 6.07) is 7.71. The molecule has 0 atom stereocenters. The molecule has 112 valence electrons. The minimum absolute atomic E-state index is 0.702. The summed E-state index contributed by atoms with van der Waals surface area (Å²) in [4.78, 5) is 10.6. The summed E-state index contributed by atoms with van der Waals surface area (Å²) in [5, 5.41) is 0. The molecule has 1 aliphatic carbocycles. The van der Waals surface area contributed by atoms with E-state index in [1.807, 2.05) is 36.4 Å². The average molecular weight is 354 g/mol. The highest BCUT2D eigenvalue weighted by molar-refractivity contribution is 9.11. The third-order valence-corrected chi connectivity index (χ3v) is 3.65. The Morgan fingerprint density at radius 1 is 1.19 bits per heavy atom. The number of hydrogen-bond donors (Lipinski definition) is 1. The molecule has 0 aliphatic heterocycles. The van der Waals surface area contributed by atoms with E-state index in [-0.39, 0.29) is 0 Å². The van der Waals surface area contributed by atoms with E-state index in [9.17, 15) is 0 Å². The Labute approximate surface area is 132 Å². The number of halogens is 1. The van der Waals surface area contributed by atoms with Crippen molar-refractivity contribution in [1.82, 2.24) is 0 Å². The van der Waals surface area contributed by atoms with Gasteiger partial charge in [-0.1, -0.05) is 18.2 Å². The number of hydrogen-bond acceptors (Lipinski definition) is 4. The highest BCUT2D eigenvalue weighted by atomic mass is 79.9. The maximum Gasteiger partial charge on any atom is 0.283 e. The summed E-state index contributed by atoms with van der Waals surface area (Å²) in [6.07, 6.45) is 4.71. The van der Waals surface area contributed by atoms with Gasteiger partial charge in [-0.15, -0.1) is 0 Å². The highest BCUT2D eigenvalue weighted by Crippen LogP contribution is 2.29. The summed E-state index contributed by atoms with van der Waals surface area (Å²) in [7, 11) is 4.83. The number of rotatable bonds is 5. The van der Waals surface area contributed by atoms with Crippen LogP contribution in [0.1, 0.15) is 6.42 Å². The molecule has 0 aromatic heterocycles. The summed E-state index contributed by atoms with van der Waals surface area (Å²) in [5.41, 5.74) is 5.39. The summed E-state index contributed by atoms with van der Waals surface area (Å²) < 4.78 is 8.10. The fraction of sp³-hybridized carbons (Fsp3) is 0.267. The second kappa shape index (κ2) is 7.28. The van der Waals surface area contributed by atoms with Crippen LogP contribution >= 0.6 is 15.9 Å². The topological polar surface area (TPSA) is 42.7 Å². The van der Waals surface area contributed by atoms with Crippen LogP contribution in [-0.2, 0) is 14.4 Å². The van der Waals surface area contributed by atoms with Crippen LogP contribution in [0.3, 0.4) is 0 Å². The van der Waals surface area contributed by atoms with Crippen LogP contribution in [0.2, 0.25) is 0 Å². The van der Waals surface area contributed by atoms with Gasteiger partial charge in [-0.05, 0) is 28.1 Å². The largest absolute Gasteiger partial charge is 0.490 e. The predicted molar refractivity (Wildman–Crippen MR) is 85.7 cm³/mol. The van der Waals surface area contributed by atoms with Gasteiger partial charge in [0, 0.05) is 10.8 Å². The molecule has 0 radical (unpaired) electrons. The zero-order valence-corrected chi connectivity index (χ0v) is 13.8. The van der Waals surface area contributed by atoms with Crippen molar-refractivity contribution < 1.29 is 19.2 Å². The van der Waals surface area contributed by atoms with E-state index < -0.39 is 0 Å². The lowest BCUT2D eigenvalue weighted by molar-refractivity contribution is -0.720. The number of nitrogens with one attached hydrogen (secondary N) is 1. The van der Waals surface area contributed by atoms with Gasteiger partial charge in [0.05, 0.1) is 25.1 Å². The fourth-order valence-electron chi connectivity index (χ4n) is 2.17. The molecule has 0 unspecified atom stereocenters. The number of methoxy groups -OCH3 is 1. The Hall–Kier alpha value is -1.79. The molecule has 5 nitrogen and oxygen atoms in total. The molecule has 2 rings (SSSR count). The third kappa shape index (κ3) is 3.28. The Morgan fingerprint density at radius 2 is 1.95 bits per heavy atom. The third-order valence-electron chi connectivity index (χ3n) is 3.02. The van der Waals surface area contributed by atoms with Gasteiger partial charge in [0.25, 0.3) is 11.4 Å². The zero-order chi connectivity index (χ0) is 15.2. The van der Waals surface area contributed by atoms with Crippen LogP contribution in [0, 0.1) is 0 Å². The summed E-state index contributed by atoms with van der Waals surface area (Å²) >= 11 is 3.50. The van der Waals surface area contributed by atoms with E-state index in [1.165, 1.54) is 0 Å². The first kappa shape index (κ1) is 15.6. The molecular formula is C15H18BrN2O3+. The monoisotopic (exact) mass is 353 g/mol. The fourth-order valence-corrected chi connectivity index (χ4v) is 2.75. The van der Waals surface area contributed by atoms with Gasteiger partial charge in [0.2, 0.25) is 5.76 Å². The molecule has 0 saturated heterocycles. The Bertz CT molecular complexity index is 609. The molecule has 0 amide bonds. The van der Waals surface area contributed by atoms with Gasteiger partial charge < -0.3 is 4.74 Å². The number of anilines is 1. The van der Waals surface area contributed by atoms with Gasteiger partial charge in [0.1, 0.15) is 12.8 Å². The number of allylic oxidation sites excluding steroid dienone is 4. The quantitative estimate of drug-likeness (QED) is 0.649. The van der Waals surface area contributed by atoms with Crippen molar-refractivity contribution in [2.45, 2.75) is 6.42 Å². The minimum atomic E-state index is 0.702. The average Bonchev–Trinajstić information content (AvgIpc) is 2.50. The SMILES string of the molecule is CONc1ccccc1/[N+](OC)=C1\CC=CC(Br)=C1OC. The molecule has 0 fully saturated rings. The van der Waals surface area contributed by atoms with E-state index in [4.69, 9.17) is 14.4 Å². The van der Waals surface area contributed by atoms with Crippen LogP contribution in [0.25, 0.3) is 0 Å². The van der Waals surface area contributed by atoms with Gasteiger partial charge >= 0.3 is 0 Å². The molecule has 1 aliphatic rings. The smallest absolute Gasteiger partial charge is 0.283 e. The Balaban J connectivity index is 2.59. The van der Waals surface area contributed by atoms with Crippen molar-refractivity contribution in [2.75, 3.05) is 26.8 Å². The summed E-state index contributed by atoms with van der Waals surface area (Å²) in [6.45, 7) is 0. The standard InChI is InChI=1S/C15H18BrN2O3/c1-19-15-11(16)7-6-10-14(15)18(21-3)13-9-5-4-8-12(13)17-20-2/h4-9,17H,10H2,1-3H3/q+1/b18-14-. The van der Waals surface area contributed by atoms with E-state index in [1.54, 1.807) is 26.1 Å². The zero-order valence-electron chi connectivity index (χ0n) is 12.2. The van der Waals surface area contributed by atoms with Gasteiger partial charge in [0.15, 0.2) is 0 Å². The molecule has 0 saturated carbocycles. The molecule has 0 spiro atoms. The van der Waals surface area contributed by atoms with E-state index >= 15 is 0 Å². The van der Waals surface area contributed by atoms with Crippen LogP contribution in [-0.4, -0.2) is 31.8 Å². The molecule has 6 heteroatoms. The van der Waals surface area contributed by atoms with Crippen molar-refractivity contribution in [3.8, 4) is 0 Å². The summed E-state index contributed by atoms with van der Waals surface area (Å²) in [5.74, 6) is 0.742. The minimum Gasteiger partial charge on any atom is -0.490 e. The molecule has 1 aromatic carbocycles. The molecule has 1 N–H and O–H groups in total. The molecule has 21 heavy (non-hydrogen) atoms. The number of para-hydroxylation sites is 2. The lowest BCUT2D eigenvalue weighted by atomic mass is 10.1. The molecule has 0 bridgehead atoms. The second-order valence-electron chi connectivity index (χ2n) is 4.23. The lowest BCUT2D eigenvalue weighted by Gasteiger charge is -2.13. The maximum atomic E-state index is 5.58. The van der Waals surface area contributed by atoms with E-state index in [0.717, 1.165) is 27.3 Å². The van der Waals surface area contributed by atoms with Gasteiger partial charge in [-0.2, -0.15) is 0 Å². The first-order valence-electron chi connectivity index (χ1n) is 6.41. The van der Waals surface area contributed by atoms with Crippen molar-refractivity contribution in [3.05, 3.63) is 46.7 Å². The van der Waals surface area contributed by atoms with Gasteiger partial charge in [-0.25, -0.2) is 0 Å². The van der Waals surface area contributed by atoms with Crippen LogP contribution in [0.5, 0.6) is 0 Å². The molecule has 1 aromatic rings. The van der Waals surface area contributed by atoms with Crippen molar-refractivity contribution >= 4 is 33.0 Å². The number of ether oxygens (including phenoxy) is 1. The Kier molecular flexibility index (Phi) is 5.41. The maximum absolute atomic E-state index is 5.58. The van der Waals surface area contributed by atoms with Gasteiger partial charge in [-0.3, -0.25) is 15.2 Å². The number of nitrogens with zero attached hydrogens (tertiary/aromatic N) is 1. The van der Waals surface area contributed by atoms with Crippen molar-refractivity contribution in [3.63, 3.8) is 0 Å².